The van der Waals surface area contributed by atoms with Crippen molar-refractivity contribution in [3.63, 3.8) is 0 Å². The summed E-state index contributed by atoms with van der Waals surface area (Å²) in [6, 6.07) is 0.0382. The minimum Gasteiger partial charge on any atom is -0.353 e. The van der Waals surface area contributed by atoms with Crippen LogP contribution in [-0.4, -0.2) is 24.8 Å². The number of amides is 1. The van der Waals surface area contributed by atoms with Crippen molar-refractivity contribution in [3.05, 3.63) is 0 Å². The largest absolute Gasteiger partial charge is 0.353 e. The quantitative estimate of drug-likeness (QED) is 0.526. The molecule has 4 heteroatoms. The van der Waals surface area contributed by atoms with Crippen molar-refractivity contribution in [1.29, 1.82) is 0 Å². The summed E-state index contributed by atoms with van der Waals surface area (Å²) in [7, 11) is 0. The van der Waals surface area contributed by atoms with Gasteiger partial charge in [0.15, 0.2) is 0 Å². The van der Waals surface area contributed by atoms with Gasteiger partial charge >= 0.3 is 0 Å². The van der Waals surface area contributed by atoms with E-state index in [1.54, 1.807) is 0 Å². The molecule has 4 nitrogen and oxygen atoms in total. The lowest BCUT2D eigenvalue weighted by Gasteiger charge is -2.10. The summed E-state index contributed by atoms with van der Waals surface area (Å²) < 4.78 is 0. The average Bonchev–Trinajstić information content (AvgIpc) is 2.00. The van der Waals surface area contributed by atoms with Gasteiger partial charge in [-0.1, -0.05) is 0 Å². The minimum absolute atomic E-state index is 0.00539. The van der Waals surface area contributed by atoms with Gasteiger partial charge in [0.05, 0.1) is 6.54 Å². The molecule has 1 atom stereocenters. The molecule has 0 spiro atoms. The van der Waals surface area contributed by atoms with Gasteiger partial charge in [-0.25, -0.2) is 0 Å². The summed E-state index contributed by atoms with van der Waals surface area (Å²) in [6.45, 7) is 1.85. The second-order valence-corrected chi connectivity index (χ2v) is 2.42. The van der Waals surface area contributed by atoms with E-state index in [0.29, 0.717) is 12.8 Å². The maximum atomic E-state index is 10.7. The molecule has 0 fully saturated rings. The van der Waals surface area contributed by atoms with Crippen LogP contribution in [-0.2, 0) is 9.59 Å². The Hall–Kier alpha value is -0.900. The number of nitrogens with one attached hydrogen (secondary N) is 1. The van der Waals surface area contributed by atoms with E-state index < -0.39 is 0 Å². The molecule has 0 aliphatic heterocycles. The standard InChI is InChI=1S/C7H14N2O2/c1-6(3-2-4-10)9-7(11)5-8/h4,6H,2-3,5,8H2,1H3,(H,9,11). The fourth-order valence-electron chi connectivity index (χ4n) is 0.724. The number of hydrogen-bond acceptors (Lipinski definition) is 3. The third-order valence-corrected chi connectivity index (χ3v) is 1.31. The van der Waals surface area contributed by atoms with Gasteiger partial charge in [0, 0.05) is 12.5 Å². The second kappa shape index (κ2) is 5.85. The van der Waals surface area contributed by atoms with Crippen molar-refractivity contribution in [3.8, 4) is 0 Å². The van der Waals surface area contributed by atoms with Crippen LogP contribution in [0.5, 0.6) is 0 Å². The van der Waals surface area contributed by atoms with Crippen molar-refractivity contribution >= 4 is 12.2 Å². The molecule has 64 valence electrons. The van der Waals surface area contributed by atoms with E-state index in [9.17, 15) is 9.59 Å². The first-order valence-corrected chi connectivity index (χ1v) is 3.63. The Balaban J connectivity index is 3.42. The first-order valence-electron chi connectivity index (χ1n) is 3.63. The molecule has 0 saturated carbocycles. The SMILES string of the molecule is CC(CCC=O)NC(=O)CN. The molecule has 0 rings (SSSR count). The Bertz CT molecular complexity index is 136. The molecule has 0 radical (unpaired) electrons. The van der Waals surface area contributed by atoms with Gasteiger partial charge in [0.1, 0.15) is 6.29 Å². The number of hydrogen-bond donors (Lipinski definition) is 2. The summed E-state index contributed by atoms with van der Waals surface area (Å²) >= 11 is 0. The van der Waals surface area contributed by atoms with E-state index in [4.69, 9.17) is 5.73 Å². The van der Waals surface area contributed by atoms with Gasteiger partial charge in [-0.15, -0.1) is 0 Å². The van der Waals surface area contributed by atoms with Crippen LogP contribution in [0, 0.1) is 0 Å². The first-order chi connectivity index (χ1) is 5.20. The van der Waals surface area contributed by atoms with Crippen LogP contribution in [0.4, 0.5) is 0 Å². The second-order valence-electron chi connectivity index (χ2n) is 2.42. The van der Waals surface area contributed by atoms with E-state index >= 15 is 0 Å². The molecule has 11 heavy (non-hydrogen) atoms. The number of aldehydes is 1. The fraction of sp³-hybridized carbons (Fsp3) is 0.714. The van der Waals surface area contributed by atoms with Crippen LogP contribution in [0.25, 0.3) is 0 Å². The van der Waals surface area contributed by atoms with Crippen LogP contribution >= 0.6 is 0 Å². The summed E-state index contributed by atoms with van der Waals surface area (Å²) in [5.74, 6) is -0.177. The molecule has 0 aliphatic carbocycles. The summed E-state index contributed by atoms with van der Waals surface area (Å²) in [5.41, 5.74) is 5.07. The van der Waals surface area contributed by atoms with Gasteiger partial charge in [-0.3, -0.25) is 4.79 Å². The van der Waals surface area contributed by atoms with E-state index in [2.05, 4.69) is 5.32 Å². The monoisotopic (exact) mass is 158 g/mol. The summed E-state index contributed by atoms with van der Waals surface area (Å²) in [5, 5.41) is 2.64. The minimum atomic E-state index is -0.177. The highest BCUT2D eigenvalue weighted by atomic mass is 16.1. The van der Waals surface area contributed by atoms with Crippen molar-refractivity contribution in [2.45, 2.75) is 25.8 Å². The van der Waals surface area contributed by atoms with Crippen LogP contribution < -0.4 is 11.1 Å². The maximum Gasteiger partial charge on any atom is 0.233 e. The van der Waals surface area contributed by atoms with E-state index in [1.807, 2.05) is 6.92 Å². The molecular weight excluding hydrogens is 144 g/mol. The molecule has 0 aromatic heterocycles. The molecule has 1 amide bonds. The van der Waals surface area contributed by atoms with Crippen molar-refractivity contribution < 1.29 is 9.59 Å². The van der Waals surface area contributed by atoms with E-state index in [-0.39, 0.29) is 18.5 Å². The molecule has 0 aromatic carbocycles. The van der Waals surface area contributed by atoms with Gasteiger partial charge in [0.2, 0.25) is 5.91 Å². The third kappa shape index (κ3) is 5.54. The van der Waals surface area contributed by atoms with Crippen LogP contribution in [0.2, 0.25) is 0 Å². The number of carbonyl (C=O) groups excluding carboxylic acids is 2. The molecule has 1 unspecified atom stereocenters. The van der Waals surface area contributed by atoms with Crippen molar-refractivity contribution in [2.75, 3.05) is 6.54 Å². The Morgan fingerprint density at radius 2 is 2.36 bits per heavy atom. The topological polar surface area (TPSA) is 72.2 Å². The highest BCUT2D eigenvalue weighted by Crippen LogP contribution is 1.92. The van der Waals surface area contributed by atoms with Gasteiger partial charge in [-0.2, -0.15) is 0 Å². The normalized spacial score (nSPS) is 12.2. The highest BCUT2D eigenvalue weighted by molar-refractivity contribution is 5.78. The number of nitrogens with two attached hydrogens (primary N) is 1. The molecule has 0 aromatic rings. The smallest absolute Gasteiger partial charge is 0.233 e. The Morgan fingerprint density at radius 3 is 2.82 bits per heavy atom. The number of rotatable bonds is 5. The van der Waals surface area contributed by atoms with Crippen molar-refractivity contribution in [2.24, 2.45) is 5.73 Å². The predicted octanol–water partition coefficient (Wildman–Crippen LogP) is -0.571. The van der Waals surface area contributed by atoms with E-state index in [0.717, 1.165) is 6.29 Å². The van der Waals surface area contributed by atoms with Crippen LogP contribution in [0.1, 0.15) is 19.8 Å². The van der Waals surface area contributed by atoms with Crippen molar-refractivity contribution in [1.82, 2.24) is 5.32 Å². The van der Waals surface area contributed by atoms with E-state index in [1.165, 1.54) is 0 Å². The molecule has 3 N–H and O–H groups in total. The van der Waals surface area contributed by atoms with Crippen LogP contribution in [0.3, 0.4) is 0 Å². The Labute approximate surface area is 66.1 Å². The molecule has 0 saturated heterocycles. The number of carbonyl (C=O) groups is 2. The molecule has 0 heterocycles. The van der Waals surface area contributed by atoms with Gasteiger partial charge in [-0.05, 0) is 13.3 Å². The van der Waals surface area contributed by atoms with Gasteiger partial charge in [0.25, 0.3) is 0 Å². The predicted molar refractivity (Wildman–Crippen MR) is 42.0 cm³/mol. The Morgan fingerprint density at radius 1 is 1.73 bits per heavy atom. The fourth-order valence-corrected chi connectivity index (χ4v) is 0.724. The zero-order valence-electron chi connectivity index (χ0n) is 6.67. The highest BCUT2D eigenvalue weighted by Gasteiger charge is 2.03. The molecule has 0 bridgehead atoms. The summed E-state index contributed by atoms with van der Waals surface area (Å²) in [6.07, 6.45) is 1.99. The van der Waals surface area contributed by atoms with Gasteiger partial charge < -0.3 is 15.8 Å². The maximum absolute atomic E-state index is 10.7. The zero-order chi connectivity index (χ0) is 8.69. The first kappa shape index (κ1) is 10.1. The average molecular weight is 158 g/mol. The lowest BCUT2D eigenvalue weighted by atomic mass is 10.2. The lowest BCUT2D eigenvalue weighted by Crippen LogP contribution is -2.36. The Kier molecular flexibility index (Phi) is 5.37. The third-order valence-electron chi connectivity index (χ3n) is 1.31. The zero-order valence-corrected chi connectivity index (χ0v) is 6.67. The van der Waals surface area contributed by atoms with Crippen LogP contribution in [0.15, 0.2) is 0 Å². The molecular formula is C7H14N2O2. The summed E-state index contributed by atoms with van der Waals surface area (Å²) in [4.78, 5) is 20.6. The lowest BCUT2D eigenvalue weighted by molar-refractivity contribution is -0.120. The molecule has 0 aliphatic rings.